The first kappa shape index (κ1) is 18.5. The third kappa shape index (κ3) is 6.31. The smallest absolute Gasteiger partial charge is 0.343 e. The Morgan fingerprint density at radius 1 is 0.920 bits per heavy atom. The number of carbonyl (C=O) groups excluding carboxylic acids is 1. The van der Waals surface area contributed by atoms with Crippen LogP contribution in [0.3, 0.4) is 0 Å². The van der Waals surface area contributed by atoms with Crippen LogP contribution in [0.25, 0.3) is 0 Å². The second kappa shape index (κ2) is 10.1. The molecule has 0 aliphatic rings. The predicted octanol–water partition coefficient (Wildman–Crippen LogP) is 5.13. The molecule has 2 rings (SSSR count). The number of benzene rings is 2. The van der Waals surface area contributed by atoms with Crippen LogP contribution in [0, 0.1) is 11.3 Å². The van der Waals surface area contributed by atoms with Gasteiger partial charge in [0, 0.05) is 0 Å². The fourth-order valence-corrected chi connectivity index (χ4v) is 2.35. The molecular weight excluding hydrogens is 314 g/mol. The maximum absolute atomic E-state index is 12.1. The number of rotatable bonds is 9. The van der Waals surface area contributed by atoms with Gasteiger partial charge in [0.2, 0.25) is 0 Å². The lowest BCUT2D eigenvalue weighted by atomic mass is 10.2. The minimum atomic E-state index is -0.434. The van der Waals surface area contributed by atoms with E-state index in [0.717, 1.165) is 12.2 Å². The van der Waals surface area contributed by atoms with E-state index in [0.29, 0.717) is 23.5 Å². The van der Waals surface area contributed by atoms with Crippen LogP contribution in [0.2, 0.25) is 0 Å². The summed E-state index contributed by atoms with van der Waals surface area (Å²) in [5.41, 5.74) is 0.982. The van der Waals surface area contributed by atoms with Gasteiger partial charge in [-0.3, -0.25) is 0 Å². The van der Waals surface area contributed by atoms with Crippen molar-refractivity contribution in [1.82, 2.24) is 0 Å². The van der Waals surface area contributed by atoms with Crippen molar-refractivity contribution < 1.29 is 14.3 Å². The Bertz CT molecular complexity index is 699. The first-order valence-corrected chi connectivity index (χ1v) is 8.68. The van der Waals surface area contributed by atoms with E-state index < -0.39 is 5.97 Å². The zero-order valence-corrected chi connectivity index (χ0v) is 14.5. The van der Waals surface area contributed by atoms with Crippen LogP contribution < -0.4 is 9.47 Å². The quantitative estimate of drug-likeness (QED) is 0.362. The van der Waals surface area contributed by atoms with Gasteiger partial charge < -0.3 is 9.47 Å². The molecule has 0 aliphatic heterocycles. The van der Waals surface area contributed by atoms with Crippen LogP contribution in [0.15, 0.2) is 48.5 Å². The highest BCUT2D eigenvalue weighted by molar-refractivity contribution is 5.91. The zero-order chi connectivity index (χ0) is 17.9. The Labute approximate surface area is 149 Å². The van der Waals surface area contributed by atoms with Crippen molar-refractivity contribution in [3.05, 3.63) is 59.7 Å². The molecule has 2 aromatic carbocycles. The molecule has 0 saturated carbocycles. The zero-order valence-electron chi connectivity index (χ0n) is 14.5. The van der Waals surface area contributed by atoms with E-state index in [9.17, 15) is 4.79 Å². The fourth-order valence-electron chi connectivity index (χ4n) is 2.35. The Morgan fingerprint density at radius 3 is 2.20 bits per heavy atom. The highest BCUT2D eigenvalue weighted by atomic mass is 16.5. The summed E-state index contributed by atoms with van der Waals surface area (Å²) in [5, 5.41) is 8.76. The summed E-state index contributed by atoms with van der Waals surface area (Å²) in [7, 11) is 0. The standard InChI is InChI=1S/C21H23NO3/c1-2-3-4-5-6-15-24-19-13-9-18(10-14-19)21(23)25-20-11-7-17(16-22)8-12-20/h7-14H,2-6,15H2,1H3. The normalized spacial score (nSPS) is 10.1. The minimum Gasteiger partial charge on any atom is -0.494 e. The number of esters is 1. The minimum absolute atomic E-state index is 0.413. The summed E-state index contributed by atoms with van der Waals surface area (Å²) in [6.45, 7) is 2.89. The monoisotopic (exact) mass is 337 g/mol. The topological polar surface area (TPSA) is 59.3 Å². The highest BCUT2D eigenvalue weighted by Crippen LogP contribution is 2.17. The predicted molar refractivity (Wildman–Crippen MR) is 96.8 cm³/mol. The van der Waals surface area contributed by atoms with E-state index in [2.05, 4.69) is 6.92 Å². The maximum Gasteiger partial charge on any atom is 0.343 e. The van der Waals surface area contributed by atoms with Crippen molar-refractivity contribution >= 4 is 5.97 Å². The molecule has 0 bridgehead atoms. The van der Waals surface area contributed by atoms with Gasteiger partial charge in [0.15, 0.2) is 0 Å². The van der Waals surface area contributed by atoms with Crippen LogP contribution >= 0.6 is 0 Å². The van der Waals surface area contributed by atoms with Crippen LogP contribution in [-0.4, -0.2) is 12.6 Å². The number of hydrogen-bond donors (Lipinski definition) is 0. The van der Waals surface area contributed by atoms with Crippen LogP contribution in [0.5, 0.6) is 11.5 Å². The van der Waals surface area contributed by atoms with Crippen LogP contribution in [-0.2, 0) is 0 Å². The first-order chi connectivity index (χ1) is 12.2. The third-order valence-corrected chi connectivity index (χ3v) is 3.80. The van der Waals surface area contributed by atoms with Crippen molar-refractivity contribution in [3.8, 4) is 17.6 Å². The number of carbonyl (C=O) groups is 1. The van der Waals surface area contributed by atoms with E-state index >= 15 is 0 Å². The summed E-state index contributed by atoms with van der Waals surface area (Å²) in [6, 6.07) is 15.4. The van der Waals surface area contributed by atoms with E-state index in [1.165, 1.54) is 25.7 Å². The maximum atomic E-state index is 12.1. The van der Waals surface area contributed by atoms with Gasteiger partial charge in [-0.05, 0) is 55.0 Å². The third-order valence-electron chi connectivity index (χ3n) is 3.80. The Morgan fingerprint density at radius 2 is 1.56 bits per heavy atom. The molecule has 0 heterocycles. The molecule has 0 N–H and O–H groups in total. The average molecular weight is 337 g/mol. The largest absolute Gasteiger partial charge is 0.494 e. The summed E-state index contributed by atoms with van der Waals surface area (Å²) >= 11 is 0. The SMILES string of the molecule is CCCCCCCOc1ccc(C(=O)Oc2ccc(C#N)cc2)cc1. The molecule has 25 heavy (non-hydrogen) atoms. The van der Waals surface area contributed by atoms with Gasteiger partial charge in [-0.2, -0.15) is 5.26 Å². The molecule has 0 aromatic heterocycles. The Kier molecular flexibility index (Phi) is 7.52. The average Bonchev–Trinajstić information content (AvgIpc) is 2.65. The molecule has 0 saturated heterocycles. The molecule has 0 aliphatic carbocycles. The summed E-state index contributed by atoms with van der Waals surface area (Å²) in [6.07, 6.45) is 5.99. The molecule has 0 spiro atoms. The van der Waals surface area contributed by atoms with Crippen molar-refractivity contribution in [2.24, 2.45) is 0 Å². The van der Waals surface area contributed by atoms with E-state index in [-0.39, 0.29) is 0 Å². The summed E-state index contributed by atoms with van der Waals surface area (Å²) in [4.78, 5) is 12.1. The van der Waals surface area contributed by atoms with Gasteiger partial charge >= 0.3 is 5.97 Å². The highest BCUT2D eigenvalue weighted by Gasteiger charge is 2.09. The fraction of sp³-hybridized carbons (Fsp3) is 0.333. The Balaban J connectivity index is 1.80. The molecule has 0 amide bonds. The lowest BCUT2D eigenvalue weighted by Gasteiger charge is -2.07. The second-order valence-corrected chi connectivity index (χ2v) is 5.81. The van der Waals surface area contributed by atoms with Gasteiger partial charge in [-0.25, -0.2) is 4.79 Å². The summed E-state index contributed by atoms with van der Waals surface area (Å²) < 4.78 is 11.0. The molecular formula is C21H23NO3. The van der Waals surface area contributed by atoms with E-state index in [4.69, 9.17) is 14.7 Å². The molecule has 4 nitrogen and oxygen atoms in total. The molecule has 130 valence electrons. The van der Waals surface area contributed by atoms with Crippen molar-refractivity contribution in [2.75, 3.05) is 6.61 Å². The summed E-state index contributed by atoms with van der Waals surface area (Å²) in [5.74, 6) is 0.734. The number of nitrogens with zero attached hydrogens (tertiary/aromatic N) is 1. The Hall–Kier alpha value is -2.80. The van der Waals surface area contributed by atoms with Crippen molar-refractivity contribution in [3.63, 3.8) is 0 Å². The molecule has 0 radical (unpaired) electrons. The van der Waals surface area contributed by atoms with Gasteiger partial charge in [-0.15, -0.1) is 0 Å². The van der Waals surface area contributed by atoms with Crippen LogP contribution in [0.1, 0.15) is 54.9 Å². The van der Waals surface area contributed by atoms with E-state index in [1.807, 2.05) is 6.07 Å². The number of unbranched alkanes of at least 4 members (excludes halogenated alkanes) is 4. The lowest BCUT2D eigenvalue weighted by Crippen LogP contribution is -2.08. The van der Waals surface area contributed by atoms with Gasteiger partial charge in [0.05, 0.1) is 23.8 Å². The molecule has 4 heteroatoms. The van der Waals surface area contributed by atoms with Crippen molar-refractivity contribution in [2.45, 2.75) is 39.0 Å². The van der Waals surface area contributed by atoms with Gasteiger partial charge in [0.25, 0.3) is 0 Å². The van der Waals surface area contributed by atoms with Crippen molar-refractivity contribution in [1.29, 1.82) is 5.26 Å². The first-order valence-electron chi connectivity index (χ1n) is 8.68. The molecule has 0 unspecified atom stereocenters. The number of hydrogen-bond acceptors (Lipinski definition) is 4. The number of nitriles is 1. The van der Waals surface area contributed by atoms with Gasteiger partial charge in [-0.1, -0.05) is 32.6 Å². The molecule has 2 aromatic rings. The van der Waals surface area contributed by atoms with E-state index in [1.54, 1.807) is 48.5 Å². The number of ether oxygens (including phenoxy) is 2. The lowest BCUT2D eigenvalue weighted by molar-refractivity contribution is 0.0734. The molecule has 0 atom stereocenters. The van der Waals surface area contributed by atoms with Gasteiger partial charge in [0.1, 0.15) is 11.5 Å². The molecule has 0 fully saturated rings. The second-order valence-electron chi connectivity index (χ2n) is 5.81. The van der Waals surface area contributed by atoms with Crippen LogP contribution in [0.4, 0.5) is 0 Å².